The number of ether oxygens (including phenoxy) is 1. The van der Waals surface area contributed by atoms with Crippen molar-refractivity contribution < 1.29 is 27.7 Å². The van der Waals surface area contributed by atoms with Crippen molar-refractivity contribution in [3.05, 3.63) is 11.6 Å². The molecule has 110 valence electrons. The lowest BCUT2D eigenvalue weighted by Gasteiger charge is -2.27. The van der Waals surface area contributed by atoms with Crippen LogP contribution in [0.3, 0.4) is 0 Å². The van der Waals surface area contributed by atoms with Gasteiger partial charge in [-0.15, -0.1) is 0 Å². The molecular formula is C12H21O6P. The molecule has 0 amide bonds. The van der Waals surface area contributed by atoms with Crippen LogP contribution < -0.4 is 0 Å². The van der Waals surface area contributed by atoms with E-state index in [1.54, 1.807) is 13.0 Å². The van der Waals surface area contributed by atoms with E-state index in [1.807, 2.05) is 6.92 Å². The lowest BCUT2D eigenvalue weighted by molar-refractivity contribution is -0.139. The van der Waals surface area contributed by atoms with Crippen molar-refractivity contribution in [3.8, 4) is 0 Å². The van der Waals surface area contributed by atoms with Crippen LogP contribution in [-0.2, 0) is 27.7 Å². The van der Waals surface area contributed by atoms with E-state index in [1.165, 1.54) is 14.2 Å². The monoisotopic (exact) mass is 292 g/mol. The molecule has 6 nitrogen and oxygen atoms in total. The highest BCUT2D eigenvalue weighted by Crippen LogP contribution is 2.51. The number of esters is 1. The number of carbonyl (C=O) groups excluding carboxylic acids is 1. The van der Waals surface area contributed by atoms with Gasteiger partial charge in [0.15, 0.2) is 0 Å². The fourth-order valence-corrected chi connectivity index (χ4v) is 2.76. The molecule has 1 aliphatic rings. The molecule has 19 heavy (non-hydrogen) atoms. The van der Waals surface area contributed by atoms with Gasteiger partial charge in [-0.3, -0.25) is 13.6 Å². The molecule has 0 aromatic rings. The SMILES string of the molecule is CCOC(=O)C1=C[C@H](C)CC[C@@H]1OP(=O)(OC)OC. The Morgan fingerprint density at radius 1 is 1.37 bits per heavy atom. The summed E-state index contributed by atoms with van der Waals surface area (Å²) in [7, 11) is -1.13. The van der Waals surface area contributed by atoms with Crippen molar-refractivity contribution in [1.29, 1.82) is 0 Å². The van der Waals surface area contributed by atoms with E-state index in [0.29, 0.717) is 12.0 Å². The number of carbonyl (C=O) groups is 1. The minimum atomic E-state index is -3.61. The Kier molecular flexibility index (Phi) is 6.20. The third-order valence-electron chi connectivity index (χ3n) is 2.91. The summed E-state index contributed by atoms with van der Waals surface area (Å²) >= 11 is 0. The highest BCUT2D eigenvalue weighted by atomic mass is 31.2. The summed E-state index contributed by atoms with van der Waals surface area (Å²) in [6.45, 7) is 4.01. The van der Waals surface area contributed by atoms with E-state index in [2.05, 4.69) is 0 Å². The highest BCUT2D eigenvalue weighted by molar-refractivity contribution is 7.48. The van der Waals surface area contributed by atoms with Gasteiger partial charge in [0, 0.05) is 14.2 Å². The average molecular weight is 292 g/mol. The lowest BCUT2D eigenvalue weighted by Crippen LogP contribution is -2.27. The van der Waals surface area contributed by atoms with E-state index >= 15 is 0 Å². The summed E-state index contributed by atoms with van der Waals surface area (Å²) in [5, 5.41) is 0. The first-order valence-electron chi connectivity index (χ1n) is 6.24. The molecule has 0 spiro atoms. The van der Waals surface area contributed by atoms with Crippen LogP contribution in [0.4, 0.5) is 0 Å². The lowest BCUT2D eigenvalue weighted by atomic mass is 9.90. The van der Waals surface area contributed by atoms with Crippen LogP contribution in [0.1, 0.15) is 26.7 Å². The van der Waals surface area contributed by atoms with Crippen molar-refractivity contribution in [2.24, 2.45) is 5.92 Å². The molecule has 0 unspecified atom stereocenters. The number of phosphoric acid groups is 1. The van der Waals surface area contributed by atoms with Gasteiger partial charge in [-0.05, 0) is 25.7 Å². The van der Waals surface area contributed by atoms with Crippen LogP contribution in [0, 0.1) is 5.92 Å². The molecule has 0 aliphatic heterocycles. The number of phosphoric ester groups is 1. The van der Waals surface area contributed by atoms with E-state index in [9.17, 15) is 9.36 Å². The van der Waals surface area contributed by atoms with Crippen LogP contribution in [0.2, 0.25) is 0 Å². The maximum Gasteiger partial charge on any atom is 0.474 e. The second-order valence-electron chi connectivity index (χ2n) is 4.30. The number of hydrogen-bond acceptors (Lipinski definition) is 6. The van der Waals surface area contributed by atoms with Gasteiger partial charge in [0.2, 0.25) is 0 Å². The Labute approximate surface area is 113 Å². The molecule has 1 rings (SSSR count). The molecule has 0 N–H and O–H groups in total. The van der Waals surface area contributed by atoms with Crippen LogP contribution >= 0.6 is 7.82 Å². The first kappa shape index (κ1) is 16.4. The molecule has 2 atom stereocenters. The standard InChI is InChI=1S/C12H21O6P/c1-5-17-12(13)10-8-9(2)6-7-11(10)18-19(14,15-3)16-4/h8-9,11H,5-7H2,1-4H3/t9-,11+/m1/s1. The smallest absolute Gasteiger partial charge is 0.463 e. The topological polar surface area (TPSA) is 71.1 Å². The Bertz CT molecular complexity index is 384. The third kappa shape index (κ3) is 4.42. The normalized spacial score (nSPS) is 23.9. The second kappa shape index (κ2) is 7.20. The van der Waals surface area contributed by atoms with E-state index in [-0.39, 0.29) is 12.5 Å². The summed E-state index contributed by atoms with van der Waals surface area (Å²) in [5.41, 5.74) is 0.384. The van der Waals surface area contributed by atoms with Gasteiger partial charge < -0.3 is 4.74 Å². The van der Waals surface area contributed by atoms with E-state index < -0.39 is 19.9 Å². The Balaban J connectivity index is 2.89. The van der Waals surface area contributed by atoms with Gasteiger partial charge in [0.05, 0.1) is 12.2 Å². The minimum Gasteiger partial charge on any atom is -0.463 e. The molecule has 0 aromatic carbocycles. The molecule has 0 fully saturated rings. The first-order valence-corrected chi connectivity index (χ1v) is 7.70. The van der Waals surface area contributed by atoms with Gasteiger partial charge in [0.1, 0.15) is 6.10 Å². The van der Waals surface area contributed by atoms with E-state index in [4.69, 9.17) is 18.3 Å². The molecule has 0 radical (unpaired) electrons. The van der Waals surface area contributed by atoms with Gasteiger partial charge in [-0.1, -0.05) is 13.0 Å². The van der Waals surface area contributed by atoms with Gasteiger partial charge in [-0.25, -0.2) is 9.36 Å². The van der Waals surface area contributed by atoms with E-state index in [0.717, 1.165) is 6.42 Å². The minimum absolute atomic E-state index is 0.253. The van der Waals surface area contributed by atoms with Crippen LogP contribution in [0.15, 0.2) is 11.6 Å². The molecule has 0 heterocycles. The summed E-state index contributed by atoms with van der Waals surface area (Å²) < 4.78 is 31.8. The Morgan fingerprint density at radius 3 is 2.53 bits per heavy atom. The fraction of sp³-hybridized carbons (Fsp3) is 0.750. The molecule has 0 aromatic heterocycles. The van der Waals surface area contributed by atoms with Crippen molar-refractivity contribution in [2.75, 3.05) is 20.8 Å². The summed E-state index contributed by atoms with van der Waals surface area (Å²) in [6, 6.07) is 0. The zero-order chi connectivity index (χ0) is 14.5. The predicted octanol–water partition coefficient (Wildman–Crippen LogP) is 2.69. The predicted molar refractivity (Wildman–Crippen MR) is 69.6 cm³/mol. The fourth-order valence-electron chi connectivity index (χ4n) is 1.91. The summed E-state index contributed by atoms with van der Waals surface area (Å²) in [6.07, 6.45) is 2.58. The summed E-state index contributed by atoms with van der Waals surface area (Å²) in [5.74, 6) is -0.193. The average Bonchev–Trinajstić information content (AvgIpc) is 2.41. The number of rotatable bonds is 6. The maximum absolute atomic E-state index is 12.0. The third-order valence-corrected chi connectivity index (χ3v) is 4.32. The van der Waals surface area contributed by atoms with Crippen LogP contribution in [-0.4, -0.2) is 32.9 Å². The maximum atomic E-state index is 12.0. The second-order valence-corrected chi connectivity index (χ2v) is 6.14. The Hall–Kier alpha value is -0.680. The van der Waals surface area contributed by atoms with Crippen molar-refractivity contribution in [3.63, 3.8) is 0 Å². The van der Waals surface area contributed by atoms with Gasteiger partial charge >= 0.3 is 13.8 Å². The zero-order valence-corrected chi connectivity index (χ0v) is 12.6. The molecular weight excluding hydrogens is 271 g/mol. The Morgan fingerprint density at radius 2 is 2.00 bits per heavy atom. The quantitative estimate of drug-likeness (QED) is 0.553. The summed E-state index contributed by atoms with van der Waals surface area (Å²) in [4.78, 5) is 11.9. The van der Waals surface area contributed by atoms with Crippen molar-refractivity contribution >= 4 is 13.8 Å². The van der Waals surface area contributed by atoms with Gasteiger partial charge in [0.25, 0.3) is 0 Å². The van der Waals surface area contributed by atoms with Crippen molar-refractivity contribution in [2.45, 2.75) is 32.8 Å². The molecule has 0 saturated heterocycles. The molecule has 0 bridgehead atoms. The highest BCUT2D eigenvalue weighted by Gasteiger charge is 2.35. The van der Waals surface area contributed by atoms with Crippen LogP contribution in [0.25, 0.3) is 0 Å². The molecule has 1 aliphatic carbocycles. The van der Waals surface area contributed by atoms with Crippen LogP contribution in [0.5, 0.6) is 0 Å². The number of hydrogen-bond donors (Lipinski definition) is 0. The van der Waals surface area contributed by atoms with Gasteiger partial charge in [-0.2, -0.15) is 0 Å². The number of allylic oxidation sites excluding steroid dienone is 1. The van der Waals surface area contributed by atoms with Crippen molar-refractivity contribution in [1.82, 2.24) is 0 Å². The molecule has 7 heteroatoms. The largest absolute Gasteiger partial charge is 0.474 e. The first-order chi connectivity index (χ1) is 8.95. The molecule has 0 saturated carbocycles. The zero-order valence-electron chi connectivity index (χ0n) is 11.8.